The van der Waals surface area contributed by atoms with Crippen molar-refractivity contribution in [2.75, 3.05) is 24.6 Å². The smallest absolute Gasteiger partial charge is 0.277 e. The van der Waals surface area contributed by atoms with Crippen LogP contribution in [0.1, 0.15) is 18.4 Å². The van der Waals surface area contributed by atoms with Crippen LogP contribution in [-0.4, -0.2) is 29.6 Å². The van der Waals surface area contributed by atoms with E-state index in [1.54, 1.807) is 18.2 Å². The first-order chi connectivity index (χ1) is 14.0. The van der Waals surface area contributed by atoms with Crippen LogP contribution in [0.5, 0.6) is 0 Å². The number of nitro groups is 1. The maximum absolute atomic E-state index is 13.3. The van der Waals surface area contributed by atoms with Gasteiger partial charge in [-0.3, -0.25) is 10.1 Å². The Morgan fingerprint density at radius 1 is 1.03 bits per heavy atom. The highest BCUT2D eigenvalue weighted by molar-refractivity contribution is 6.31. The number of anilines is 1. The van der Waals surface area contributed by atoms with Crippen LogP contribution in [-0.2, 0) is 6.42 Å². The van der Waals surface area contributed by atoms with Gasteiger partial charge in [-0.2, -0.15) is 0 Å². The van der Waals surface area contributed by atoms with Gasteiger partial charge in [0.1, 0.15) is 5.82 Å². The minimum absolute atomic E-state index is 0.117. The number of nitrogens with zero attached hydrogens (tertiary/aromatic N) is 3. The fourth-order valence-corrected chi connectivity index (χ4v) is 4.21. The molecule has 4 rings (SSSR count). The zero-order chi connectivity index (χ0) is 20.4. The number of hydrazine groups is 1. The Balaban J connectivity index is 1.64. The van der Waals surface area contributed by atoms with E-state index in [9.17, 15) is 14.5 Å². The molecule has 0 saturated carbocycles. The SMILES string of the molecule is O=[N+]([O-])c1ccc(N2CCCCN2CCc2ccc(F)cc2Cl)c2ccccc12. The number of nitro benzene ring substituents is 1. The second-order valence-corrected chi connectivity index (χ2v) is 7.58. The van der Waals surface area contributed by atoms with Gasteiger partial charge in [0.2, 0.25) is 0 Å². The van der Waals surface area contributed by atoms with Gasteiger partial charge < -0.3 is 5.01 Å². The lowest BCUT2D eigenvalue weighted by atomic mass is 10.1. The molecule has 3 aromatic carbocycles. The van der Waals surface area contributed by atoms with Gasteiger partial charge in [-0.1, -0.05) is 35.9 Å². The zero-order valence-corrected chi connectivity index (χ0v) is 16.6. The number of non-ortho nitro benzene ring substituents is 1. The normalized spacial score (nSPS) is 15.0. The highest BCUT2D eigenvalue weighted by Gasteiger charge is 2.24. The molecule has 150 valence electrons. The summed E-state index contributed by atoms with van der Waals surface area (Å²) in [6, 6.07) is 15.4. The summed E-state index contributed by atoms with van der Waals surface area (Å²) in [6.45, 7) is 2.47. The molecular weight excluding hydrogens is 393 g/mol. The lowest BCUT2D eigenvalue weighted by Gasteiger charge is -2.41. The van der Waals surface area contributed by atoms with Crippen LogP contribution < -0.4 is 5.01 Å². The molecule has 0 spiro atoms. The lowest BCUT2D eigenvalue weighted by molar-refractivity contribution is -0.383. The van der Waals surface area contributed by atoms with Crippen LogP contribution in [0.3, 0.4) is 0 Å². The third-order valence-electron chi connectivity index (χ3n) is 5.38. The largest absolute Gasteiger partial charge is 0.305 e. The van der Waals surface area contributed by atoms with Gasteiger partial charge in [0.15, 0.2) is 0 Å². The second kappa shape index (κ2) is 8.35. The lowest BCUT2D eigenvalue weighted by Crippen LogP contribution is -2.48. The first kappa shape index (κ1) is 19.6. The van der Waals surface area contributed by atoms with E-state index in [-0.39, 0.29) is 16.4 Å². The highest BCUT2D eigenvalue weighted by Crippen LogP contribution is 2.35. The van der Waals surface area contributed by atoms with Gasteiger partial charge in [-0.05, 0) is 49.1 Å². The molecule has 0 bridgehead atoms. The summed E-state index contributed by atoms with van der Waals surface area (Å²) in [6.07, 6.45) is 2.83. The van der Waals surface area contributed by atoms with Crippen LogP contribution >= 0.6 is 11.6 Å². The molecule has 0 aromatic heterocycles. The van der Waals surface area contributed by atoms with Crippen molar-refractivity contribution < 1.29 is 9.31 Å². The molecule has 1 heterocycles. The molecule has 0 radical (unpaired) electrons. The molecule has 29 heavy (non-hydrogen) atoms. The van der Waals surface area contributed by atoms with Crippen molar-refractivity contribution in [2.24, 2.45) is 0 Å². The molecule has 1 aliphatic heterocycles. The fourth-order valence-electron chi connectivity index (χ4n) is 3.95. The van der Waals surface area contributed by atoms with E-state index in [0.717, 1.165) is 49.1 Å². The molecule has 1 fully saturated rings. The van der Waals surface area contributed by atoms with E-state index < -0.39 is 0 Å². The van der Waals surface area contributed by atoms with Crippen molar-refractivity contribution in [1.29, 1.82) is 0 Å². The van der Waals surface area contributed by atoms with E-state index in [4.69, 9.17) is 11.6 Å². The average Bonchev–Trinajstić information content (AvgIpc) is 2.72. The van der Waals surface area contributed by atoms with Gasteiger partial charge in [-0.25, -0.2) is 9.40 Å². The summed E-state index contributed by atoms with van der Waals surface area (Å²) in [4.78, 5) is 11.1. The molecule has 0 unspecified atom stereocenters. The van der Waals surface area contributed by atoms with E-state index in [1.807, 2.05) is 24.3 Å². The molecule has 0 amide bonds. The quantitative estimate of drug-likeness (QED) is 0.403. The molecule has 7 heteroatoms. The maximum Gasteiger partial charge on any atom is 0.277 e. The van der Waals surface area contributed by atoms with Crippen LogP contribution in [0.2, 0.25) is 5.02 Å². The van der Waals surface area contributed by atoms with Crippen molar-refractivity contribution in [3.63, 3.8) is 0 Å². The van der Waals surface area contributed by atoms with Gasteiger partial charge in [0.05, 0.1) is 16.0 Å². The Morgan fingerprint density at radius 3 is 2.55 bits per heavy atom. The topological polar surface area (TPSA) is 49.6 Å². The predicted molar refractivity (Wildman–Crippen MR) is 114 cm³/mol. The van der Waals surface area contributed by atoms with Crippen molar-refractivity contribution in [2.45, 2.75) is 19.3 Å². The molecule has 0 atom stereocenters. The fraction of sp³-hybridized carbons (Fsp3) is 0.273. The van der Waals surface area contributed by atoms with Gasteiger partial charge in [0.25, 0.3) is 5.69 Å². The molecular formula is C22H21ClFN3O2. The standard InChI is InChI=1S/C22H21ClFN3O2/c23-20-15-17(24)8-7-16(20)11-14-25-12-3-4-13-26(25)21-9-10-22(27(28)29)19-6-2-1-5-18(19)21/h1-2,5-10,15H,3-4,11-14H2. The molecule has 5 nitrogen and oxygen atoms in total. The number of rotatable bonds is 5. The summed E-state index contributed by atoms with van der Waals surface area (Å²) in [5.74, 6) is -0.337. The Bertz CT molecular complexity index is 1060. The van der Waals surface area contributed by atoms with Gasteiger partial charge in [0, 0.05) is 36.1 Å². The Labute approximate surface area is 173 Å². The minimum atomic E-state index is -0.337. The van der Waals surface area contributed by atoms with E-state index >= 15 is 0 Å². The number of hydrogen-bond acceptors (Lipinski definition) is 4. The summed E-state index contributed by atoms with van der Waals surface area (Å²) >= 11 is 6.19. The van der Waals surface area contributed by atoms with Crippen molar-refractivity contribution >= 4 is 33.7 Å². The maximum atomic E-state index is 13.3. The molecule has 3 aromatic rings. The second-order valence-electron chi connectivity index (χ2n) is 7.18. The number of halogens is 2. The average molecular weight is 414 g/mol. The van der Waals surface area contributed by atoms with E-state index in [2.05, 4.69) is 10.0 Å². The summed E-state index contributed by atoms with van der Waals surface area (Å²) < 4.78 is 13.3. The Hall–Kier alpha value is -2.70. The first-order valence-electron chi connectivity index (χ1n) is 9.67. The van der Waals surface area contributed by atoms with Crippen LogP contribution in [0.25, 0.3) is 10.8 Å². The van der Waals surface area contributed by atoms with Gasteiger partial charge in [-0.15, -0.1) is 0 Å². The number of hydrogen-bond donors (Lipinski definition) is 0. The molecule has 0 aliphatic carbocycles. The number of benzene rings is 3. The predicted octanol–water partition coefficient (Wildman–Crippen LogP) is 5.60. The van der Waals surface area contributed by atoms with Gasteiger partial charge >= 0.3 is 0 Å². The zero-order valence-electron chi connectivity index (χ0n) is 15.9. The minimum Gasteiger partial charge on any atom is -0.305 e. The molecule has 1 saturated heterocycles. The highest BCUT2D eigenvalue weighted by atomic mass is 35.5. The Kier molecular flexibility index (Phi) is 5.65. The van der Waals surface area contributed by atoms with E-state index in [0.29, 0.717) is 16.8 Å². The molecule has 1 aliphatic rings. The summed E-state index contributed by atoms with van der Waals surface area (Å²) in [5.41, 5.74) is 1.99. The van der Waals surface area contributed by atoms with Crippen LogP contribution in [0.4, 0.5) is 15.8 Å². The summed E-state index contributed by atoms with van der Waals surface area (Å²) in [5, 5.41) is 17.8. The Morgan fingerprint density at radius 2 is 1.79 bits per heavy atom. The van der Waals surface area contributed by atoms with Crippen LogP contribution in [0.15, 0.2) is 54.6 Å². The van der Waals surface area contributed by atoms with Crippen molar-refractivity contribution in [3.05, 3.63) is 81.1 Å². The van der Waals surface area contributed by atoms with E-state index in [1.165, 1.54) is 12.1 Å². The summed E-state index contributed by atoms with van der Waals surface area (Å²) in [7, 11) is 0. The van der Waals surface area contributed by atoms with Crippen molar-refractivity contribution in [3.8, 4) is 0 Å². The molecule has 0 N–H and O–H groups in total. The third-order valence-corrected chi connectivity index (χ3v) is 5.74. The third kappa shape index (κ3) is 4.04. The number of fused-ring (bicyclic) bond motifs is 1. The van der Waals surface area contributed by atoms with Crippen LogP contribution in [0, 0.1) is 15.9 Å². The van der Waals surface area contributed by atoms with Crippen molar-refractivity contribution in [1.82, 2.24) is 5.01 Å². The first-order valence-corrected chi connectivity index (χ1v) is 10.0. The monoisotopic (exact) mass is 413 g/mol.